The molecule has 1 aromatic carbocycles. The number of hydrogen-bond donors (Lipinski definition) is 1. The molecule has 1 N–H and O–H groups in total. The van der Waals surface area contributed by atoms with E-state index in [0.717, 1.165) is 25.3 Å². The number of aliphatic hydroxyl groups excluding tert-OH is 1. The van der Waals surface area contributed by atoms with E-state index < -0.39 is 0 Å². The molecule has 1 aromatic rings. The molecule has 0 saturated heterocycles. The molecule has 1 unspecified atom stereocenters. The molecule has 18 heavy (non-hydrogen) atoms. The van der Waals surface area contributed by atoms with Crippen molar-refractivity contribution >= 4 is 11.8 Å². The van der Waals surface area contributed by atoms with Gasteiger partial charge in [-0.2, -0.15) is 0 Å². The Kier molecular flexibility index (Phi) is 7.40. The van der Waals surface area contributed by atoms with Gasteiger partial charge in [0.15, 0.2) is 0 Å². The summed E-state index contributed by atoms with van der Waals surface area (Å²) in [6.45, 7) is 6.50. The minimum atomic E-state index is 0.285. The normalized spacial score (nSPS) is 12.9. The van der Waals surface area contributed by atoms with Gasteiger partial charge in [0, 0.05) is 24.6 Å². The highest BCUT2D eigenvalue weighted by Crippen LogP contribution is 2.18. The van der Waals surface area contributed by atoms with Crippen molar-refractivity contribution in [3.8, 4) is 0 Å². The molecular weight excluding hydrogens is 242 g/mol. The molecule has 0 aromatic heterocycles. The van der Waals surface area contributed by atoms with Crippen molar-refractivity contribution in [2.24, 2.45) is 5.92 Å². The van der Waals surface area contributed by atoms with Crippen molar-refractivity contribution in [3.63, 3.8) is 0 Å². The summed E-state index contributed by atoms with van der Waals surface area (Å²) in [6, 6.07) is 8.80. The van der Waals surface area contributed by atoms with Crippen LogP contribution in [0.15, 0.2) is 29.2 Å². The van der Waals surface area contributed by atoms with E-state index in [2.05, 4.69) is 50.1 Å². The monoisotopic (exact) mass is 267 g/mol. The lowest BCUT2D eigenvalue weighted by Crippen LogP contribution is -2.26. The van der Waals surface area contributed by atoms with Gasteiger partial charge in [-0.15, -0.1) is 11.8 Å². The van der Waals surface area contributed by atoms with Gasteiger partial charge < -0.3 is 10.0 Å². The summed E-state index contributed by atoms with van der Waals surface area (Å²) in [5.74, 6) is 1.51. The number of thioether (sulfide) groups is 1. The van der Waals surface area contributed by atoms with Crippen molar-refractivity contribution in [3.05, 3.63) is 29.8 Å². The topological polar surface area (TPSA) is 23.5 Å². The smallest absolute Gasteiger partial charge is 0.0471 e. The summed E-state index contributed by atoms with van der Waals surface area (Å²) >= 11 is 1.87. The molecule has 0 saturated carbocycles. The average Bonchev–Trinajstić information content (AvgIpc) is 2.38. The Morgan fingerprint density at radius 3 is 2.39 bits per heavy atom. The highest BCUT2D eigenvalue weighted by Gasteiger charge is 2.08. The summed E-state index contributed by atoms with van der Waals surface area (Å²) in [5, 5.41) is 9.21. The van der Waals surface area contributed by atoms with Gasteiger partial charge in [-0.05, 0) is 42.8 Å². The van der Waals surface area contributed by atoms with Crippen LogP contribution in [0.5, 0.6) is 0 Å². The molecule has 102 valence electrons. The molecule has 0 fully saturated rings. The molecule has 0 amide bonds. The van der Waals surface area contributed by atoms with E-state index in [4.69, 9.17) is 0 Å². The third kappa shape index (κ3) is 5.42. The Labute approximate surface area is 115 Å². The Morgan fingerprint density at radius 1 is 1.22 bits per heavy atom. The van der Waals surface area contributed by atoms with Gasteiger partial charge in [-0.3, -0.25) is 0 Å². The van der Waals surface area contributed by atoms with Crippen molar-refractivity contribution in [2.45, 2.75) is 31.7 Å². The zero-order chi connectivity index (χ0) is 13.4. The highest BCUT2D eigenvalue weighted by atomic mass is 32.2. The minimum Gasteiger partial charge on any atom is -0.396 e. The van der Waals surface area contributed by atoms with Gasteiger partial charge >= 0.3 is 0 Å². The molecular formula is C15H25NOS. The first-order valence-corrected chi connectivity index (χ1v) is 7.69. The van der Waals surface area contributed by atoms with Crippen LogP contribution in [0, 0.1) is 5.92 Å². The summed E-state index contributed by atoms with van der Waals surface area (Å²) in [4.78, 5) is 3.62. The average molecular weight is 267 g/mol. The predicted octanol–water partition coefficient (Wildman–Crippen LogP) is 3.25. The molecule has 0 heterocycles. The fourth-order valence-corrected chi connectivity index (χ4v) is 2.65. The lowest BCUT2D eigenvalue weighted by Gasteiger charge is -2.21. The SMILES string of the molecule is CCSc1ccc(CN(C)CC(CC)CO)cc1. The molecule has 1 atom stereocenters. The van der Waals surface area contributed by atoms with Gasteiger partial charge in [0.1, 0.15) is 0 Å². The first-order valence-electron chi connectivity index (χ1n) is 6.70. The zero-order valence-electron chi connectivity index (χ0n) is 11.7. The van der Waals surface area contributed by atoms with Crippen LogP contribution in [0.25, 0.3) is 0 Å². The molecule has 3 heteroatoms. The molecule has 0 spiro atoms. The molecule has 0 bridgehead atoms. The lowest BCUT2D eigenvalue weighted by atomic mass is 10.1. The third-order valence-corrected chi connectivity index (χ3v) is 3.99. The van der Waals surface area contributed by atoms with Crippen LogP contribution < -0.4 is 0 Å². The summed E-state index contributed by atoms with van der Waals surface area (Å²) in [6.07, 6.45) is 1.03. The van der Waals surface area contributed by atoms with Crippen LogP contribution >= 0.6 is 11.8 Å². The number of benzene rings is 1. The Morgan fingerprint density at radius 2 is 1.89 bits per heavy atom. The molecule has 0 aliphatic heterocycles. The molecule has 0 aliphatic rings. The van der Waals surface area contributed by atoms with Crippen LogP contribution in [-0.4, -0.2) is 36.0 Å². The van der Waals surface area contributed by atoms with Crippen molar-refractivity contribution in [1.29, 1.82) is 0 Å². The minimum absolute atomic E-state index is 0.285. The van der Waals surface area contributed by atoms with Crippen LogP contribution in [0.1, 0.15) is 25.8 Å². The van der Waals surface area contributed by atoms with E-state index in [9.17, 15) is 5.11 Å². The second kappa shape index (κ2) is 8.57. The number of aliphatic hydroxyl groups is 1. The van der Waals surface area contributed by atoms with Gasteiger partial charge in [-0.25, -0.2) is 0 Å². The van der Waals surface area contributed by atoms with E-state index in [0.29, 0.717) is 5.92 Å². The van der Waals surface area contributed by atoms with Crippen molar-refractivity contribution < 1.29 is 5.11 Å². The quantitative estimate of drug-likeness (QED) is 0.731. The molecule has 0 aliphatic carbocycles. The van der Waals surface area contributed by atoms with E-state index in [-0.39, 0.29) is 6.61 Å². The largest absolute Gasteiger partial charge is 0.396 e. The zero-order valence-corrected chi connectivity index (χ0v) is 12.5. The standard InChI is InChI=1S/C15H25NOS/c1-4-13(12-17)10-16(3)11-14-6-8-15(9-7-14)18-5-2/h6-9,13,17H,4-5,10-12H2,1-3H3. The number of nitrogens with zero attached hydrogens (tertiary/aromatic N) is 1. The maximum Gasteiger partial charge on any atom is 0.0471 e. The summed E-state index contributed by atoms with van der Waals surface area (Å²) in [5.41, 5.74) is 1.34. The fraction of sp³-hybridized carbons (Fsp3) is 0.600. The lowest BCUT2D eigenvalue weighted by molar-refractivity contribution is 0.173. The van der Waals surface area contributed by atoms with Gasteiger partial charge in [-0.1, -0.05) is 26.0 Å². The maximum absolute atomic E-state index is 9.21. The molecule has 0 radical (unpaired) electrons. The first kappa shape index (κ1) is 15.5. The second-order valence-electron chi connectivity index (χ2n) is 4.73. The van der Waals surface area contributed by atoms with Crippen LogP contribution in [-0.2, 0) is 6.54 Å². The molecule has 2 nitrogen and oxygen atoms in total. The highest BCUT2D eigenvalue weighted by molar-refractivity contribution is 7.99. The summed E-state index contributed by atoms with van der Waals surface area (Å²) in [7, 11) is 2.12. The van der Waals surface area contributed by atoms with E-state index in [1.54, 1.807) is 0 Å². The first-order chi connectivity index (χ1) is 8.69. The fourth-order valence-electron chi connectivity index (χ4n) is 1.99. The van der Waals surface area contributed by atoms with Crippen LogP contribution in [0.4, 0.5) is 0 Å². The summed E-state index contributed by atoms with van der Waals surface area (Å²) < 4.78 is 0. The van der Waals surface area contributed by atoms with E-state index in [1.807, 2.05) is 11.8 Å². The number of rotatable bonds is 8. The third-order valence-electron chi connectivity index (χ3n) is 3.09. The number of hydrogen-bond acceptors (Lipinski definition) is 3. The Bertz CT molecular complexity index is 322. The Hall–Kier alpha value is -0.510. The molecule has 1 rings (SSSR count). The van der Waals surface area contributed by atoms with Crippen molar-refractivity contribution in [2.75, 3.05) is 26.0 Å². The van der Waals surface area contributed by atoms with Crippen LogP contribution in [0.3, 0.4) is 0 Å². The maximum atomic E-state index is 9.21. The van der Waals surface area contributed by atoms with Crippen LogP contribution in [0.2, 0.25) is 0 Å². The second-order valence-corrected chi connectivity index (χ2v) is 6.07. The van der Waals surface area contributed by atoms with Gasteiger partial charge in [0.25, 0.3) is 0 Å². The van der Waals surface area contributed by atoms with Gasteiger partial charge in [0.05, 0.1) is 0 Å². The van der Waals surface area contributed by atoms with E-state index in [1.165, 1.54) is 10.5 Å². The van der Waals surface area contributed by atoms with Gasteiger partial charge in [0.2, 0.25) is 0 Å². The van der Waals surface area contributed by atoms with E-state index >= 15 is 0 Å². The predicted molar refractivity (Wildman–Crippen MR) is 80.0 cm³/mol. The Balaban J connectivity index is 2.46. The van der Waals surface area contributed by atoms with Crippen molar-refractivity contribution in [1.82, 2.24) is 4.90 Å².